The highest BCUT2D eigenvalue weighted by Gasteiger charge is 2.36. The van der Waals surface area contributed by atoms with Crippen molar-refractivity contribution in [3.63, 3.8) is 0 Å². The lowest BCUT2D eigenvalue weighted by molar-refractivity contribution is -0.139. The Bertz CT molecular complexity index is 329. The minimum absolute atomic E-state index is 0.151. The van der Waals surface area contributed by atoms with Crippen LogP contribution < -0.4 is 0 Å². The van der Waals surface area contributed by atoms with Crippen LogP contribution in [-0.4, -0.2) is 59.3 Å². The number of urea groups is 1. The fraction of sp³-hybridized carbons (Fsp3) is 0.800. The van der Waals surface area contributed by atoms with Crippen LogP contribution in [0.25, 0.3) is 0 Å². The number of carbonyl (C=O) groups is 2. The van der Waals surface area contributed by atoms with Gasteiger partial charge in [0.15, 0.2) is 0 Å². The summed E-state index contributed by atoms with van der Waals surface area (Å²) >= 11 is 0. The van der Waals surface area contributed by atoms with Crippen LogP contribution in [0.2, 0.25) is 0 Å². The largest absolute Gasteiger partial charge is 0.480 e. The first kappa shape index (κ1) is 14.6. The molecule has 104 valence electrons. The lowest BCUT2D eigenvalue weighted by Crippen LogP contribution is -2.45. The van der Waals surface area contributed by atoms with E-state index in [4.69, 9.17) is 5.11 Å². The van der Waals surface area contributed by atoms with Crippen LogP contribution in [0.3, 0.4) is 0 Å². The molecule has 2 amide bonds. The summed E-state index contributed by atoms with van der Waals surface area (Å²) in [4.78, 5) is 24.4. The molecule has 5 nitrogen and oxygen atoms in total. The Hall–Kier alpha value is -1.47. The van der Waals surface area contributed by atoms with Gasteiger partial charge in [-0.1, -0.05) is 0 Å². The number of carbonyl (C=O) groups excluding carboxylic acids is 1. The van der Waals surface area contributed by atoms with Crippen LogP contribution in [-0.2, 0) is 4.79 Å². The number of amides is 2. The highest BCUT2D eigenvalue weighted by atomic mass is 19.4. The number of carboxylic acids is 1. The fourth-order valence-electron chi connectivity index (χ4n) is 1.49. The van der Waals surface area contributed by atoms with Crippen LogP contribution >= 0.6 is 0 Å². The number of alkyl halides is 3. The van der Waals surface area contributed by atoms with Crippen molar-refractivity contribution in [2.45, 2.75) is 31.5 Å². The molecule has 1 rings (SSSR count). The zero-order valence-electron chi connectivity index (χ0n) is 9.90. The van der Waals surface area contributed by atoms with Gasteiger partial charge in [-0.15, -0.1) is 0 Å². The highest BCUT2D eigenvalue weighted by molar-refractivity contribution is 5.80. The van der Waals surface area contributed by atoms with Crippen LogP contribution in [0.5, 0.6) is 0 Å². The van der Waals surface area contributed by atoms with E-state index >= 15 is 0 Å². The minimum atomic E-state index is -4.33. The quantitative estimate of drug-likeness (QED) is 0.822. The Morgan fingerprint density at radius 1 is 1.33 bits per heavy atom. The molecule has 0 saturated heterocycles. The molecule has 0 aliphatic heterocycles. The fourth-order valence-corrected chi connectivity index (χ4v) is 1.49. The average molecular weight is 268 g/mol. The lowest BCUT2D eigenvalue weighted by Gasteiger charge is -2.27. The molecule has 18 heavy (non-hydrogen) atoms. The smallest absolute Gasteiger partial charge is 0.390 e. The maximum Gasteiger partial charge on any atom is 0.390 e. The first-order valence-electron chi connectivity index (χ1n) is 5.51. The molecule has 0 heterocycles. The molecule has 0 atom stereocenters. The van der Waals surface area contributed by atoms with Gasteiger partial charge in [0.05, 0.1) is 6.42 Å². The molecule has 8 heteroatoms. The predicted molar refractivity (Wildman–Crippen MR) is 56.1 cm³/mol. The van der Waals surface area contributed by atoms with Crippen LogP contribution in [0.1, 0.15) is 19.3 Å². The molecule has 0 bridgehead atoms. The van der Waals surface area contributed by atoms with E-state index in [2.05, 4.69) is 0 Å². The maximum absolute atomic E-state index is 12.0. The van der Waals surface area contributed by atoms with E-state index in [1.54, 1.807) is 0 Å². The number of halogens is 3. The SMILES string of the molecule is CN(CCC(F)(F)F)C(=O)N(CC(=O)O)C1CC1. The van der Waals surface area contributed by atoms with Gasteiger partial charge >= 0.3 is 18.2 Å². The van der Waals surface area contributed by atoms with E-state index in [1.165, 1.54) is 7.05 Å². The van der Waals surface area contributed by atoms with E-state index in [9.17, 15) is 22.8 Å². The third-order valence-corrected chi connectivity index (χ3v) is 2.60. The molecule has 0 unspecified atom stereocenters. The van der Waals surface area contributed by atoms with E-state index in [0.717, 1.165) is 9.80 Å². The number of aliphatic carboxylic acids is 1. The van der Waals surface area contributed by atoms with Crippen LogP contribution in [0.15, 0.2) is 0 Å². The van der Waals surface area contributed by atoms with Crippen LogP contribution in [0, 0.1) is 0 Å². The normalized spacial score (nSPS) is 15.3. The van der Waals surface area contributed by atoms with E-state index < -0.39 is 37.7 Å². The second-order valence-corrected chi connectivity index (χ2v) is 4.32. The highest BCUT2D eigenvalue weighted by Crippen LogP contribution is 2.27. The van der Waals surface area contributed by atoms with Crippen molar-refractivity contribution in [3.8, 4) is 0 Å². The Balaban J connectivity index is 2.51. The molecule has 0 spiro atoms. The van der Waals surface area contributed by atoms with E-state index in [0.29, 0.717) is 12.8 Å². The summed E-state index contributed by atoms with van der Waals surface area (Å²) in [5, 5.41) is 8.66. The third kappa shape index (κ3) is 4.80. The molecule has 1 fully saturated rings. The van der Waals surface area contributed by atoms with E-state index in [-0.39, 0.29) is 6.04 Å². The zero-order chi connectivity index (χ0) is 13.9. The summed E-state index contributed by atoms with van der Waals surface area (Å²) < 4.78 is 36.0. The van der Waals surface area contributed by atoms with Crippen molar-refractivity contribution in [2.24, 2.45) is 0 Å². The predicted octanol–water partition coefficient (Wildman–Crippen LogP) is 1.54. The standard InChI is InChI=1S/C10H15F3N2O3/c1-14(5-4-10(11,12)13)9(18)15(6-8(16)17)7-2-3-7/h7H,2-6H2,1H3,(H,16,17). The molecular formula is C10H15F3N2O3. The summed E-state index contributed by atoms with van der Waals surface area (Å²) in [6.45, 7) is -0.939. The monoisotopic (exact) mass is 268 g/mol. The number of carboxylic acid groups (broad SMARTS) is 1. The minimum Gasteiger partial charge on any atom is -0.480 e. The molecule has 0 radical (unpaired) electrons. The van der Waals surface area contributed by atoms with Crippen molar-refractivity contribution in [2.75, 3.05) is 20.1 Å². The molecule has 0 aromatic carbocycles. The van der Waals surface area contributed by atoms with Crippen LogP contribution in [0.4, 0.5) is 18.0 Å². The van der Waals surface area contributed by atoms with Crippen molar-refractivity contribution in [1.29, 1.82) is 0 Å². The average Bonchev–Trinajstić information content (AvgIpc) is 3.04. The summed E-state index contributed by atoms with van der Waals surface area (Å²) in [6.07, 6.45) is -4.02. The molecule has 0 aromatic heterocycles. The number of hydrogen-bond donors (Lipinski definition) is 1. The molecule has 1 N–H and O–H groups in total. The third-order valence-electron chi connectivity index (χ3n) is 2.60. The first-order chi connectivity index (χ1) is 8.20. The second-order valence-electron chi connectivity index (χ2n) is 4.32. The summed E-state index contributed by atoms with van der Waals surface area (Å²) in [6, 6.07) is -0.814. The Morgan fingerprint density at radius 2 is 1.89 bits per heavy atom. The van der Waals surface area contributed by atoms with Gasteiger partial charge in [0.2, 0.25) is 0 Å². The first-order valence-corrected chi connectivity index (χ1v) is 5.51. The van der Waals surface area contributed by atoms with Crippen molar-refractivity contribution >= 4 is 12.0 Å². The van der Waals surface area contributed by atoms with Crippen molar-refractivity contribution in [1.82, 2.24) is 9.80 Å². The van der Waals surface area contributed by atoms with Gasteiger partial charge in [0, 0.05) is 19.6 Å². The second kappa shape index (κ2) is 5.45. The van der Waals surface area contributed by atoms with Gasteiger partial charge in [-0.3, -0.25) is 4.79 Å². The van der Waals surface area contributed by atoms with E-state index in [1.807, 2.05) is 0 Å². The van der Waals surface area contributed by atoms with Gasteiger partial charge in [-0.2, -0.15) is 13.2 Å². The topological polar surface area (TPSA) is 60.9 Å². The Labute approximate surface area is 102 Å². The molecule has 0 aromatic rings. The zero-order valence-corrected chi connectivity index (χ0v) is 9.90. The van der Waals surface area contributed by atoms with Gasteiger partial charge in [-0.05, 0) is 12.8 Å². The Morgan fingerprint density at radius 3 is 2.28 bits per heavy atom. The summed E-state index contributed by atoms with van der Waals surface area (Å²) in [7, 11) is 1.24. The Kier molecular flexibility index (Phi) is 4.42. The lowest BCUT2D eigenvalue weighted by atomic mass is 10.4. The van der Waals surface area contributed by atoms with Gasteiger partial charge in [0.1, 0.15) is 6.54 Å². The molecular weight excluding hydrogens is 253 g/mol. The van der Waals surface area contributed by atoms with Gasteiger partial charge in [0.25, 0.3) is 0 Å². The molecule has 1 aliphatic carbocycles. The summed E-state index contributed by atoms with van der Waals surface area (Å²) in [5.74, 6) is -1.17. The van der Waals surface area contributed by atoms with Gasteiger partial charge in [-0.25, -0.2) is 4.79 Å². The van der Waals surface area contributed by atoms with Crippen molar-refractivity contribution in [3.05, 3.63) is 0 Å². The number of hydrogen-bond acceptors (Lipinski definition) is 2. The number of rotatable bonds is 5. The maximum atomic E-state index is 12.0. The van der Waals surface area contributed by atoms with Gasteiger partial charge < -0.3 is 14.9 Å². The van der Waals surface area contributed by atoms with Crippen molar-refractivity contribution < 1.29 is 27.9 Å². The number of nitrogens with zero attached hydrogens (tertiary/aromatic N) is 2. The summed E-state index contributed by atoms with van der Waals surface area (Å²) in [5.41, 5.74) is 0. The molecule has 1 aliphatic rings. The molecule has 1 saturated carbocycles.